The van der Waals surface area contributed by atoms with Crippen LogP contribution in [0.5, 0.6) is 0 Å². The summed E-state index contributed by atoms with van der Waals surface area (Å²) in [4.78, 5) is 47.1. The van der Waals surface area contributed by atoms with E-state index in [4.69, 9.17) is 20.7 Å². The molecule has 0 aliphatic rings. The lowest BCUT2D eigenvalue weighted by atomic mass is 10.3. The summed E-state index contributed by atoms with van der Waals surface area (Å²) in [6, 6.07) is 8.94. The van der Waals surface area contributed by atoms with Crippen molar-refractivity contribution in [1.82, 2.24) is 9.80 Å². The number of aliphatic carboxylic acids is 4. The molecule has 0 radical (unpaired) electrons. The zero-order valence-electron chi connectivity index (χ0n) is 14.8. The predicted molar refractivity (Wildman–Crippen MR) is 92.0 cm³/mol. The van der Waals surface area contributed by atoms with Gasteiger partial charge in [0.25, 0.3) is 0 Å². The summed E-state index contributed by atoms with van der Waals surface area (Å²) in [6.45, 7) is -2.50. The number of carbonyl (C=O) groups excluding carboxylic acids is 1. The van der Waals surface area contributed by atoms with Crippen molar-refractivity contribution in [2.75, 3.05) is 39.3 Å². The van der Waals surface area contributed by atoms with Gasteiger partial charge in [-0.15, -0.1) is 0 Å². The second-order valence-corrected chi connectivity index (χ2v) is 5.41. The molecular formula is C16H20N4O8. The average molecular weight is 396 g/mol. The number of hydrogen-bond donors (Lipinski definition) is 3. The fourth-order valence-electron chi connectivity index (χ4n) is 1.96. The molecule has 0 atom stereocenters. The van der Waals surface area contributed by atoms with Gasteiger partial charge in [-0.25, -0.2) is 0 Å². The van der Waals surface area contributed by atoms with Crippen LogP contribution in [0.3, 0.4) is 0 Å². The quantitative estimate of drug-likeness (QED) is 0.380. The van der Waals surface area contributed by atoms with Crippen LogP contribution in [0.4, 0.5) is 5.69 Å². The van der Waals surface area contributed by atoms with Crippen molar-refractivity contribution < 1.29 is 39.6 Å². The van der Waals surface area contributed by atoms with Gasteiger partial charge >= 0.3 is 23.6 Å². The molecule has 0 saturated carbocycles. The van der Waals surface area contributed by atoms with Gasteiger partial charge in [0, 0.05) is 31.8 Å². The maximum atomic E-state index is 10.5. The Morgan fingerprint density at radius 1 is 0.821 bits per heavy atom. The SMILES string of the molecule is N#[N+]c1ccccc1.O=C([O-])CN(CCN(CC(=O)O)CC(=O)O)CC(=O)O. The van der Waals surface area contributed by atoms with Gasteiger partial charge < -0.3 is 25.2 Å². The van der Waals surface area contributed by atoms with Crippen molar-refractivity contribution in [2.45, 2.75) is 0 Å². The Morgan fingerprint density at radius 2 is 1.21 bits per heavy atom. The Labute approximate surface area is 159 Å². The Hall–Kier alpha value is -3.56. The molecule has 1 aromatic carbocycles. The first kappa shape index (κ1) is 24.4. The number of carbonyl (C=O) groups is 4. The van der Waals surface area contributed by atoms with E-state index in [9.17, 15) is 24.3 Å². The van der Waals surface area contributed by atoms with Gasteiger partial charge in [-0.2, -0.15) is 0 Å². The number of rotatable bonds is 11. The molecule has 0 spiro atoms. The molecule has 0 aromatic heterocycles. The van der Waals surface area contributed by atoms with E-state index in [-0.39, 0.29) is 13.1 Å². The van der Waals surface area contributed by atoms with E-state index in [1.165, 1.54) is 0 Å². The number of carboxylic acids is 4. The monoisotopic (exact) mass is 396 g/mol. The average Bonchev–Trinajstić information content (AvgIpc) is 2.59. The molecule has 12 heteroatoms. The number of carboxylic acid groups (broad SMARTS) is 4. The summed E-state index contributed by atoms with van der Waals surface area (Å²) in [5.74, 6) is -5.21. The highest BCUT2D eigenvalue weighted by atomic mass is 16.4. The van der Waals surface area contributed by atoms with E-state index in [0.29, 0.717) is 5.69 Å². The third kappa shape index (κ3) is 13.7. The fourth-order valence-corrected chi connectivity index (χ4v) is 1.96. The third-order valence-electron chi connectivity index (χ3n) is 3.03. The van der Waals surface area contributed by atoms with Crippen LogP contribution in [-0.2, 0) is 19.2 Å². The predicted octanol–water partition coefficient (Wildman–Crippen LogP) is -1.23. The molecule has 0 fully saturated rings. The molecule has 0 amide bonds. The van der Waals surface area contributed by atoms with Crippen LogP contribution in [0.1, 0.15) is 0 Å². The highest BCUT2D eigenvalue weighted by Crippen LogP contribution is 2.07. The van der Waals surface area contributed by atoms with Crippen molar-refractivity contribution in [3.63, 3.8) is 0 Å². The number of diazo groups is 1. The van der Waals surface area contributed by atoms with Crippen molar-refractivity contribution >= 4 is 29.6 Å². The molecule has 3 N–H and O–H groups in total. The summed E-state index contributed by atoms with van der Waals surface area (Å²) in [5, 5.41) is 44.4. The Bertz CT molecular complexity index is 636. The maximum absolute atomic E-state index is 10.5. The van der Waals surface area contributed by atoms with Crippen LogP contribution < -0.4 is 5.11 Å². The molecule has 1 rings (SSSR count). The Kier molecular flexibility index (Phi) is 11.9. The van der Waals surface area contributed by atoms with E-state index in [1.807, 2.05) is 18.2 Å². The van der Waals surface area contributed by atoms with Crippen LogP contribution in [0, 0.1) is 5.39 Å². The lowest BCUT2D eigenvalue weighted by Crippen LogP contribution is -2.45. The molecule has 28 heavy (non-hydrogen) atoms. The van der Waals surface area contributed by atoms with Gasteiger partial charge in [-0.3, -0.25) is 24.2 Å². The summed E-state index contributed by atoms with van der Waals surface area (Å²) >= 11 is 0. The van der Waals surface area contributed by atoms with E-state index in [0.717, 1.165) is 9.80 Å². The van der Waals surface area contributed by atoms with E-state index < -0.39 is 50.1 Å². The van der Waals surface area contributed by atoms with Gasteiger partial charge in [0.15, 0.2) is 4.98 Å². The third-order valence-corrected chi connectivity index (χ3v) is 3.03. The number of nitrogens with zero attached hydrogens (tertiary/aromatic N) is 4. The van der Waals surface area contributed by atoms with Crippen molar-refractivity contribution in [3.8, 4) is 0 Å². The Balaban J connectivity index is 0.000000749. The normalized spacial score (nSPS) is 9.89. The second-order valence-electron chi connectivity index (χ2n) is 5.41. The summed E-state index contributed by atoms with van der Waals surface area (Å²) in [6.07, 6.45) is 0. The minimum absolute atomic E-state index is 0.0981. The molecule has 0 heterocycles. The molecule has 0 aliphatic carbocycles. The lowest BCUT2D eigenvalue weighted by molar-refractivity contribution is -0.306. The van der Waals surface area contributed by atoms with Crippen LogP contribution in [0.25, 0.3) is 4.98 Å². The van der Waals surface area contributed by atoms with Crippen molar-refractivity contribution in [1.29, 1.82) is 5.39 Å². The van der Waals surface area contributed by atoms with Crippen LogP contribution in [0.15, 0.2) is 30.3 Å². The zero-order valence-corrected chi connectivity index (χ0v) is 14.8. The Morgan fingerprint density at radius 3 is 1.50 bits per heavy atom. The van der Waals surface area contributed by atoms with Gasteiger partial charge in [-0.1, -0.05) is 18.2 Å². The smallest absolute Gasteiger partial charge is 0.385 e. The van der Waals surface area contributed by atoms with Gasteiger partial charge in [0.2, 0.25) is 5.39 Å². The highest BCUT2D eigenvalue weighted by Gasteiger charge is 2.16. The molecule has 0 bridgehead atoms. The first-order valence-electron chi connectivity index (χ1n) is 7.84. The van der Waals surface area contributed by atoms with Gasteiger partial charge in [0.05, 0.1) is 25.6 Å². The maximum Gasteiger partial charge on any atom is 0.385 e. The van der Waals surface area contributed by atoms with E-state index in [2.05, 4.69) is 4.98 Å². The van der Waals surface area contributed by atoms with Crippen LogP contribution >= 0.6 is 0 Å². The van der Waals surface area contributed by atoms with Crippen molar-refractivity contribution in [3.05, 3.63) is 35.3 Å². The first-order chi connectivity index (χ1) is 13.1. The first-order valence-corrected chi connectivity index (χ1v) is 7.84. The fraction of sp³-hybridized carbons (Fsp3) is 0.375. The minimum atomic E-state index is -1.48. The largest absolute Gasteiger partial charge is 0.549 e. The lowest BCUT2D eigenvalue weighted by Gasteiger charge is -2.24. The molecule has 0 saturated heterocycles. The molecule has 1 aromatic rings. The molecule has 152 valence electrons. The van der Waals surface area contributed by atoms with E-state index >= 15 is 0 Å². The van der Waals surface area contributed by atoms with Crippen molar-refractivity contribution in [2.24, 2.45) is 0 Å². The number of hydrogen-bond acceptors (Lipinski definition) is 8. The summed E-state index contributed by atoms with van der Waals surface area (Å²) < 4.78 is 0. The second kappa shape index (κ2) is 13.6. The molecule has 12 nitrogen and oxygen atoms in total. The summed E-state index contributed by atoms with van der Waals surface area (Å²) in [5.41, 5.74) is 0.590. The van der Waals surface area contributed by atoms with Crippen LogP contribution in [0.2, 0.25) is 0 Å². The van der Waals surface area contributed by atoms with Gasteiger partial charge in [-0.05, 0) is 0 Å². The van der Waals surface area contributed by atoms with E-state index in [1.54, 1.807) is 12.1 Å². The van der Waals surface area contributed by atoms with Crippen LogP contribution in [-0.4, -0.2) is 88.3 Å². The highest BCUT2D eigenvalue weighted by molar-refractivity contribution is 5.73. The molecule has 0 aliphatic heterocycles. The minimum Gasteiger partial charge on any atom is -0.549 e. The topological polar surface area (TPSA) is 187 Å². The standard InChI is InChI=1S/C10H16N2O8.C6H5N2/c13-7(14)3-11(4-8(15)16)1-2-12(5-9(17)18)6-10(19)20;7-8-6-4-2-1-3-5-6/h1-6H2,(H,13,14)(H,15,16)(H,17,18)(H,19,20);1-5H/q;+1/p-1. The van der Waals surface area contributed by atoms with Gasteiger partial charge in [0.1, 0.15) is 0 Å². The molecular weight excluding hydrogens is 376 g/mol. The zero-order chi connectivity index (χ0) is 21.5. The number of benzene rings is 1. The summed E-state index contributed by atoms with van der Waals surface area (Å²) in [7, 11) is 0. The molecule has 0 unspecified atom stereocenters.